The molecule has 0 amide bonds. The molecule has 4 rings (SSSR count). The van der Waals surface area contributed by atoms with E-state index in [0.717, 1.165) is 0 Å². The molecule has 0 spiro atoms. The van der Waals surface area contributed by atoms with E-state index in [1.807, 2.05) is 0 Å². The molecule has 0 bridgehead atoms. The Kier molecular flexibility index (Phi) is 6.34. The van der Waals surface area contributed by atoms with Gasteiger partial charge >= 0.3 is 5.97 Å². The van der Waals surface area contributed by atoms with Gasteiger partial charge in [0.2, 0.25) is 6.29 Å². The van der Waals surface area contributed by atoms with E-state index in [1.165, 1.54) is 43.5 Å². The maximum Gasteiger partial charge on any atom is 0.302 e. The smallest absolute Gasteiger partial charge is 0.302 e. The van der Waals surface area contributed by atoms with Gasteiger partial charge in [0.25, 0.3) is 0 Å². The van der Waals surface area contributed by atoms with Gasteiger partial charge in [0.05, 0.1) is 10.9 Å². The van der Waals surface area contributed by atoms with Crippen LogP contribution in [0.3, 0.4) is 0 Å². The van der Waals surface area contributed by atoms with Gasteiger partial charge in [0.15, 0.2) is 5.43 Å². The summed E-state index contributed by atoms with van der Waals surface area (Å²) in [5.41, 5.74) is 0.811. The Bertz CT molecular complexity index is 1200. The van der Waals surface area contributed by atoms with Gasteiger partial charge in [-0.1, -0.05) is 12.1 Å². The first-order valence-corrected chi connectivity index (χ1v) is 10.1. The molecule has 10 nitrogen and oxygen atoms in total. The first kappa shape index (κ1) is 22.7. The molecule has 4 N–H and O–H groups in total. The minimum absolute atomic E-state index is 0.0746. The zero-order valence-corrected chi connectivity index (χ0v) is 17.5. The number of carbonyl (C=O) groups is 1. The number of esters is 1. The molecular weight excluding hydrogens is 436 g/mol. The van der Waals surface area contributed by atoms with Gasteiger partial charge in [-0.05, 0) is 29.8 Å². The second-order valence-electron chi connectivity index (χ2n) is 7.62. The average Bonchev–Trinajstić information content (AvgIpc) is 2.79. The fraction of sp³-hybridized carbons (Fsp3) is 0.304. The van der Waals surface area contributed by atoms with Crippen LogP contribution >= 0.6 is 0 Å². The molecule has 2 unspecified atom stereocenters. The summed E-state index contributed by atoms with van der Waals surface area (Å²) in [5, 5.41) is 40.1. The summed E-state index contributed by atoms with van der Waals surface area (Å²) in [6.45, 7) is 0.844. The zero-order valence-electron chi connectivity index (χ0n) is 17.5. The van der Waals surface area contributed by atoms with Crippen molar-refractivity contribution in [3.63, 3.8) is 0 Å². The molecular formula is C23H22O10. The van der Waals surface area contributed by atoms with E-state index >= 15 is 0 Å². The van der Waals surface area contributed by atoms with E-state index in [2.05, 4.69) is 0 Å². The SMILES string of the molecule is CC(=O)OCC1O[C@@H](Oc2ccc3c(=O)c(-c4ccc(O)cc4)coc3c2)C(O)[C@@H](O)[C@@H]1O. The van der Waals surface area contributed by atoms with Crippen molar-refractivity contribution in [1.82, 2.24) is 0 Å². The number of phenolic OH excluding ortho intramolecular Hbond substituents is 1. The number of carbonyl (C=O) groups excluding carboxylic acids is 1. The molecule has 1 saturated heterocycles. The quantitative estimate of drug-likeness (QED) is 0.405. The Morgan fingerprint density at radius 3 is 2.45 bits per heavy atom. The van der Waals surface area contributed by atoms with Gasteiger partial charge in [0, 0.05) is 13.0 Å². The monoisotopic (exact) mass is 458 g/mol. The molecule has 10 heteroatoms. The fourth-order valence-electron chi connectivity index (χ4n) is 3.51. The lowest BCUT2D eigenvalue weighted by molar-refractivity contribution is -0.278. The molecule has 5 atom stereocenters. The maximum atomic E-state index is 12.9. The number of aromatic hydroxyl groups is 1. The molecule has 2 heterocycles. The van der Waals surface area contributed by atoms with Crippen LogP contribution in [-0.4, -0.2) is 63.7 Å². The topological polar surface area (TPSA) is 156 Å². The zero-order chi connectivity index (χ0) is 23.7. The summed E-state index contributed by atoms with van der Waals surface area (Å²) in [7, 11) is 0. The molecule has 1 fully saturated rings. The highest BCUT2D eigenvalue weighted by atomic mass is 16.7. The maximum absolute atomic E-state index is 12.9. The Labute approximate surface area is 187 Å². The van der Waals surface area contributed by atoms with E-state index in [4.69, 9.17) is 18.6 Å². The van der Waals surface area contributed by atoms with Crippen molar-refractivity contribution in [2.24, 2.45) is 0 Å². The number of aliphatic hydroxyl groups excluding tert-OH is 3. The van der Waals surface area contributed by atoms with E-state index in [1.54, 1.807) is 12.1 Å². The van der Waals surface area contributed by atoms with Crippen LogP contribution in [0, 0.1) is 0 Å². The Morgan fingerprint density at radius 1 is 1.03 bits per heavy atom. The van der Waals surface area contributed by atoms with Gasteiger partial charge < -0.3 is 39.1 Å². The number of hydrogen-bond acceptors (Lipinski definition) is 10. The van der Waals surface area contributed by atoms with Crippen molar-refractivity contribution in [3.8, 4) is 22.6 Å². The third-order valence-corrected chi connectivity index (χ3v) is 5.30. The third-order valence-electron chi connectivity index (χ3n) is 5.30. The molecule has 0 radical (unpaired) electrons. The van der Waals surface area contributed by atoms with E-state index in [0.29, 0.717) is 11.1 Å². The average molecular weight is 458 g/mol. The number of hydrogen-bond donors (Lipinski definition) is 4. The number of fused-ring (bicyclic) bond motifs is 1. The summed E-state index contributed by atoms with van der Waals surface area (Å²) in [4.78, 5) is 23.9. The van der Waals surface area contributed by atoms with Gasteiger partial charge in [-0.25, -0.2) is 0 Å². The normalized spacial score (nSPS) is 25.0. The number of benzene rings is 2. The number of phenols is 1. The first-order valence-electron chi connectivity index (χ1n) is 10.1. The fourth-order valence-corrected chi connectivity index (χ4v) is 3.51. The summed E-state index contributed by atoms with van der Waals surface area (Å²) in [6.07, 6.45) is -5.90. The van der Waals surface area contributed by atoms with Crippen LogP contribution in [0.5, 0.6) is 11.5 Å². The van der Waals surface area contributed by atoms with E-state index < -0.39 is 36.7 Å². The summed E-state index contributed by atoms with van der Waals surface area (Å²) in [5.74, 6) is -0.354. The molecule has 1 aromatic heterocycles. The summed E-state index contributed by atoms with van der Waals surface area (Å²) < 4.78 is 21.5. The number of rotatable bonds is 5. The molecule has 174 valence electrons. The minimum atomic E-state index is -1.60. The van der Waals surface area contributed by atoms with Gasteiger partial charge in [-0.15, -0.1) is 0 Å². The standard InChI is InChI=1S/C23H22O10/c1-11(24)30-10-18-20(27)21(28)22(29)23(33-18)32-14-6-7-15-17(8-14)31-9-16(19(15)26)12-2-4-13(25)5-3-12/h2-9,18,20-23,25,27-29H,10H2,1H3/t18?,20-,21+,22?,23-/m1/s1. The molecule has 3 aromatic rings. The van der Waals surface area contributed by atoms with Crippen LogP contribution in [0.4, 0.5) is 0 Å². The van der Waals surface area contributed by atoms with Gasteiger partial charge in [0.1, 0.15) is 54.4 Å². The predicted octanol–water partition coefficient (Wildman–Crippen LogP) is 0.915. The van der Waals surface area contributed by atoms with Crippen LogP contribution in [0.15, 0.2) is 57.9 Å². The van der Waals surface area contributed by atoms with E-state index in [9.17, 15) is 30.0 Å². The van der Waals surface area contributed by atoms with Crippen LogP contribution in [0.25, 0.3) is 22.1 Å². The number of ether oxygens (including phenoxy) is 3. The molecule has 2 aromatic carbocycles. The van der Waals surface area contributed by atoms with Crippen molar-refractivity contribution < 1.29 is 43.8 Å². The van der Waals surface area contributed by atoms with Crippen LogP contribution < -0.4 is 10.2 Å². The van der Waals surface area contributed by atoms with Crippen LogP contribution in [-0.2, 0) is 14.3 Å². The highest BCUT2D eigenvalue weighted by Crippen LogP contribution is 2.28. The van der Waals surface area contributed by atoms with Crippen LogP contribution in [0.2, 0.25) is 0 Å². The first-order chi connectivity index (χ1) is 15.7. The van der Waals surface area contributed by atoms with Gasteiger partial charge in [-0.3, -0.25) is 9.59 Å². The predicted molar refractivity (Wildman–Crippen MR) is 114 cm³/mol. The minimum Gasteiger partial charge on any atom is -0.508 e. The van der Waals surface area contributed by atoms with Crippen molar-refractivity contribution >= 4 is 16.9 Å². The summed E-state index contributed by atoms with van der Waals surface area (Å²) >= 11 is 0. The van der Waals surface area contributed by atoms with E-state index in [-0.39, 0.29) is 34.5 Å². The highest BCUT2D eigenvalue weighted by Gasteiger charge is 2.45. The third kappa shape index (κ3) is 4.69. The molecule has 33 heavy (non-hydrogen) atoms. The Balaban J connectivity index is 1.57. The summed E-state index contributed by atoms with van der Waals surface area (Å²) in [6, 6.07) is 10.5. The lowest BCUT2D eigenvalue weighted by Crippen LogP contribution is -2.60. The van der Waals surface area contributed by atoms with Crippen molar-refractivity contribution in [3.05, 3.63) is 59.0 Å². The molecule has 1 aliphatic heterocycles. The van der Waals surface area contributed by atoms with Crippen molar-refractivity contribution in [2.75, 3.05) is 6.61 Å². The second kappa shape index (κ2) is 9.20. The lowest BCUT2D eigenvalue weighted by atomic mass is 9.99. The second-order valence-corrected chi connectivity index (χ2v) is 7.62. The molecule has 1 aliphatic rings. The lowest BCUT2D eigenvalue weighted by Gasteiger charge is -2.39. The van der Waals surface area contributed by atoms with Crippen molar-refractivity contribution in [2.45, 2.75) is 37.6 Å². The van der Waals surface area contributed by atoms with Gasteiger partial charge in [-0.2, -0.15) is 0 Å². The Morgan fingerprint density at radius 2 is 1.76 bits per heavy atom. The molecule has 0 aliphatic carbocycles. The Hall–Kier alpha value is -3.44. The van der Waals surface area contributed by atoms with Crippen LogP contribution in [0.1, 0.15) is 6.92 Å². The van der Waals surface area contributed by atoms with Crippen molar-refractivity contribution in [1.29, 1.82) is 0 Å². The highest BCUT2D eigenvalue weighted by molar-refractivity contribution is 5.82. The largest absolute Gasteiger partial charge is 0.508 e. The molecule has 0 saturated carbocycles. The number of aliphatic hydroxyl groups is 3.